The van der Waals surface area contributed by atoms with Crippen molar-refractivity contribution in [2.24, 2.45) is 5.73 Å². The van der Waals surface area contributed by atoms with Gasteiger partial charge in [-0.1, -0.05) is 44.5 Å². The van der Waals surface area contributed by atoms with Gasteiger partial charge in [0.2, 0.25) is 5.91 Å². The van der Waals surface area contributed by atoms with E-state index in [1.165, 1.54) is 17.0 Å². The highest BCUT2D eigenvalue weighted by Gasteiger charge is 2.57. The van der Waals surface area contributed by atoms with E-state index in [0.717, 1.165) is 30.0 Å². The maximum Gasteiger partial charge on any atom is 0.223 e. The number of halogens is 2. The second kappa shape index (κ2) is 11.8. The van der Waals surface area contributed by atoms with E-state index in [0.29, 0.717) is 18.4 Å². The highest BCUT2D eigenvalue weighted by molar-refractivity contribution is 7.91. The molecule has 9 heteroatoms. The molecule has 1 saturated carbocycles. The lowest BCUT2D eigenvalue weighted by atomic mass is 10.0. The van der Waals surface area contributed by atoms with E-state index in [4.69, 9.17) is 5.73 Å². The summed E-state index contributed by atoms with van der Waals surface area (Å²) in [5.41, 5.74) is 7.59. The largest absolute Gasteiger partial charge is 0.389 e. The monoisotopic (exact) mass is 522 g/mol. The minimum absolute atomic E-state index is 0.0374. The summed E-state index contributed by atoms with van der Waals surface area (Å²) in [5.74, 6) is -2.50. The van der Waals surface area contributed by atoms with Gasteiger partial charge in [0, 0.05) is 31.5 Å². The zero-order valence-corrected chi connectivity index (χ0v) is 21.7. The lowest BCUT2D eigenvalue weighted by molar-refractivity contribution is -0.133. The summed E-state index contributed by atoms with van der Waals surface area (Å²) in [7, 11) is -3.36. The van der Waals surface area contributed by atoms with Crippen LogP contribution in [0.5, 0.6) is 0 Å². The average Bonchev–Trinajstić information content (AvgIpc) is 3.53. The number of sulfone groups is 1. The molecular weight excluding hydrogens is 486 g/mol. The van der Waals surface area contributed by atoms with E-state index in [-0.39, 0.29) is 31.0 Å². The van der Waals surface area contributed by atoms with Crippen molar-refractivity contribution in [1.29, 1.82) is 0 Å². The number of aliphatic hydroxyl groups excluding tert-OH is 1. The van der Waals surface area contributed by atoms with Crippen LogP contribution in [-0.2, 0) is 27.6 Å². The molecule has 36 heavy (non-hydrogen) atoms. The lowest BCUT2D eigenvalue weighted by Crippen LogP contribution is -2.48. The first-order chi connectivity index (χ1) is 17.0. The maximum absolute atomic E-state index is 13.7. The molecular formula is C27H36F2N2O4S. The summed E-state index contributed by atoms with van der Waals surface area (Å²) in [6.07, 6.45) is 1.06. The van der Waals surface area contributed by atoms with Gasteiger partial charge in [-0.2, -0.15) is 0 Å². The Morgan fingerprint density at radius 3 is 2.44 bits per heavy atom. The van der Waals surface area contributed by atoms with Gasteiger partial charge in [-0.3, -0.25) is 4.79 Å². The van der Waals surface area contributed by atoms with Gasteiger partial charge in [0.1, 0.15) is 11.6 Å². The molecule has 3 atom stereocenters. The molecule has 1 aliphatic carbocycles. The molecule has 0 saturated heterocycles. The molecule has 0 bridgehead atoms. The van der Waals surface area contributed by atoms with Crippen molar-refractivity contribution in [2.75, 3.05) is 18.1 Å². The Labute approximate surface area is 212 Å². The number of aryl methyl sites for hydroxylation is 1. The summed E-state index contributed by atoms with van der Waals surface area (Å²) in [6, 6.07) is 10.9. The number of benzene rings is 2. The zero-order chi connectivity index (χ0) is 26.5. The average molecular weight is 523 g/mol. The molecule has 0 heterocycles. The molecule has 0 aromatic heterocycles. The van der Waals surface area contributed by atoms with Crippen molar-refractivity contribution in [3.63, 3.8) is 0 Å². The molecule has 1 amide bonds. The van der Waals surface area contributed by atoms with E-state index in [9.17, 15) is 27.1 Å². The number of carbonyl (C=O) groups excluding carboxylic acids is 1. The molecule has 198 valence electrons. The summed E-state index contributed by atoms with van der Waals surface area (Å²) in [4.78, 5) is 14.6. The summed E-state index contributed by atoms with van der Waals surface area (Å²) in [6.45, 7) is 4.00. The number of amides is 1. The van der Waals surface area contributed by atoms with Gasteiger partial charge in [-0.25, -0.2) is 17.2 Å². The summed E-state index contributed by atoms with van der Waals surface area (Å²) in [5, 5.41) is 11.0. The second-order valence-electron chi connectivity index (χ2n) is 9.79. The number of nitrogens with zero attached hydrogens (tertiary/aromatic N) is 1. The molecule has 2 aromatic rings. The van der Waals surface area contributed by atoms with E-state index >= 15 is 0 Å². The third-order valence-electron chi connectivity index (χ3n) is 6.91. The van der Waals surface area contributed by atoms with Crippen molar-refractivity contribution < 1.29 is 27.1 Å². The molecule has 3 N–H and O–H groups in total. The van der Waals surface area contributed by atoms with Crippen LogP contribution in [0.25, 0.3) is 0 Å². The van der Waals surface area contributed by atoms with Gasteiger partial charge in [-0.05, 0) is 48.1 Å². The third-order valence-corrected chi connectivity index (χ3v) is 8.65. The van der Waals surface area contributed by atoms with Crippen LogP contribution in [0.15, 0.2) is 42.5 Å². The van der Waals surface area contributed by atoms with Crippen LogP contribution in [0.2, 0.25) is 0 Å². The Bertz CT molecular complexity index is 1150. The maximum atomic E-state index is 13.7. The number of aliphatic hydroxyl groups is 1. The van der Waals surface area contributed by atoms with Gasteiger partial charge < -0.3 is 15.7 Å². The van der Waals surface area contributed by atoms with Crippen LogP contribution in [0.4, 0.5) is 8.78 Å². The number of rotatable bonds is 13. The van der Waals surface area contributed by atoms with Crippen LogP contribution < -0.4 is 5.73 Å². The topological polar surface area (TPSA) is 101 Å². The van der Waals surface area contributed by atoms with Crippen molar-refractivity contribution in [1.82, 2.24) is 4.90 Å². The van der Waals surface area contributed by atoms with Crippen molar-refractivity contribution in [3.05, 3.63) is 70.8 Å². The van der Waals surface area contributed by atoms with Gasteiger partial charge in [0.15, 0.2) is 9.84 Å². The fourth-order valence-electron chi connectivity index (χ4n) is 4.54. The van der Waals surface area contributed by atoms with Crippen molar-refractivity contribution >= 4 is 15.7 Å². The van der Waals surface area contributed by atoms with Gasteiger partial charge >= 0.3 is 0 Å². The Morgan fingerprint density at radius 2 is 1.81 bits per heavy atom. The molecule has 0 spiro atoms. The Kier molecular flexibility index (Phi) is 9.24. The quantitative estimate of drug-likeness (QED) is 0.418. The first-order valence-corrected chi connectivity index (χ1v) is 14.3. The van der Waals surface area contributed by atoms with E-state index in [1.54, 1.807) is 0 Å². The molecule has 2 aromatic carbocycles. The van der Waals surface area contributed by atoms with E-state index in [1.807, 2.05) is 38.1 Å². The minimum Gasteiger partial charge on any atom is -0.389 e. The number of carbonyl (C=O) groups is 1. The molecule has 0 radical (unpaired) electrons. The summed E-state index contributed by atoms with van der Waals surface area (Å²) >= 11 is 0. The molecule has 3 rings (SSSR count). The Hall–Kier alpha value is -2.36. The second-order valence-corrected chi connectivity index (χ2v) is 12.1. The predicted molar refractivity (Wildman–Crippen MR) is 136 cm³/mol. The van der Waals surface area contributed by atoms with Crippen LogP contribution in [0, 0.1) is 11.6 Å². The molecule has 0 aliphatic heterocycles. The number of nitrogens with two attached hydrogens (primary N) is 1. The number of hydrogen-bond acceptors (Lipinski definition) is 5. The first-order valence-electron chi connectivity index (χ1n) is 12.5. The summed E-state index contributed by atoms with van der Waals surface area (Å²) < 4.78 is 52.0. The highest BCUT2D eigenvalue weighted by atomic mass is 32.2. The predicted octanol–water partition coefficient (Wildman–Crippen LogP) is 3.71. The normalized spacial score (nSPS) is 20.2. The minimum atomic E-state index is -3.36. The van der Waals surface area contributed by atoms with Gasteiger partial charge in [-0.15, -0.1) is 0 Å². The van der Waals surface area contributed by atoms with E-state index < -0.39 is 44.9 Å². The molecule has 1 aliphatic rings. The third kappa shape index (κ3) is 7.33. The van der Waals surface area contributed by atoms with Gasteiger partial charge in [0.05, 0.1) is 23.1 Å². The number of hydrogen-bond donors (Lipinski definition) is 2. The smallest absolute Gasteiger partial charge is 0.223 e. The molecule has 6 nitrogen and oxygen atoms in total. The van der Waals surface area contributed by atoms with Gasteiger partial charge in [0.25, 0.3) is 0 Å². The Balaban J connectivity index is 1.75. The fraction of sp³-hybridized carbons (Fsp3) is 0.519. The van der Waals surface area contributed by atoms with Crippen LogP contribution in [-0.4, -0.2) is 54.0 Å². The van der Waals surface area contributed by atoms with E-state index in [2.05, 4.69) is 0 Å². The number of unbranched alkanes of at least 4 members (excludes halogenated alkanes) is 1. The van der Waals surface area contributed by atoms with Crippen LogP contribution in [0.3, 0.4) is 0 Å². The Morgan fingerprint density at radius 1 is 1.14 bits per heavy atom. The standard InChI is InChI=1S/C27H36F2N2O4S/c1-3-5-10-36(34,35)11-9-26(33)31(17-20-8-6-7-19(4-2)12-20)18-25(32)27(30)16-24(27)21-13-22(28)15-23(29)14-21/h6-8,12-15,24-25,32H,3-5,9-11,16-18,30H2,1-2H3/t24?,25-,27?/m1/s1. The highest BCUT2D eigenvalue weighted by Crippen LogP contribution is 2.52. The SMILES string of the molecule is CCCCS(=O)(=O)CCC(=O)N(Cc1cccc(CC)c1)C[C@@H](O)C1(N)CC1c1cc(F)cc(F)c1. The zero-order valence-electron chi connectivity index (χ0n) is 20.9. The van der Waals surface area contributed by atoms with Crippen molar-refractivity contribution in [3.8, 4) is 0 Å². The molecule has 2 unspecified atom stereocenters. The van der Waals surface area contributed by atoms with Crippen LogP contribution in [0.1, 0.15) is 62.1 Å². The molecule has 1 fully saturated rings. The first kappa shape index (κ1) is 28.2. The van der Waals surface area contributed by atoms with Crippen LogP contribution >= 0.6 is 0 Å². The fourth-order valence-corrected chi connectivity index (χ4v) is 5.95. The van der Waals surface area contributed by atoms with Crippen molar-refractivity contribution in [2.45, 2.75) is 70.1 Å². The lowest BCUT2D eigenvalue weighted by Gasteiger charge is -2.29.